The second kappa shape index (κ2) is 6.79. The standard InChI is InChI=1S/C12H11F6NO2/c13-11(14,15)7-21-6-10(20)19-5-8-1-3-9(4-2-8)12(16,17)18/h1-4H,5-7H2,(H,19,20). The Kier molecular flexibility index (Phi) is 5.59. The summed E-state index contributed by atoms with van der Waals surface area (Å²) in [7, 11) is 0. The van der Waals surface area contributed by atoms with Gasteiger partial charge in [0.25, 0.3) is 0 Å². The first-order valence-corrected chi connectivity index (χ1v) is 5.65. The molecule has 0 saturated heterocycles. The molecule has 1 aromatic carbocycles. The Bertz CT molecular complexity index is 466. The van der Waals surface area contributed by atoms with Crippen LogP contribution in [0.5, 0.6) is 0 Å². The summed E-state index contributed by atoms with van der Waals surface area (Å²) in [5, 5.41) is 2.23. The molecule has 1 aromatic rings. The van der Waals surface area contributed by atoms with Gasteiger partial charge in [0.15, 0.2) is 0 Å². The van der Waals surface area contributed by atoms with Crippen LogP contribution < -0.4 is 5.32 Å². The molecule has 0 heterocycles. The fraction of sp³-hybridized carbons (Fsp3) is 0.417. The van der Waals surface area contributed by atoms with Crippen LogP contribution in [0.3, 0.4) is 0 Å². The Morgan fingerprint density at radius 1 is 1.05 bits per heavy atom. The van der Waals surface area contributed by atoms with Gasteiger partial charge in [-0.05, 0) is 17.7 Å². The quantitative estimate of drug-likeness (QED) is 0.849. The van der Waals surface area contributed by atoms with Crippen LogP contribution >= 0.6 is 0 Å². The third-order valence-corrected chi connectivity index (χ3v) is 2.27. The van der Waals surface area contributed by atoms with Crippen molar-refractivity contribution in [1.29, 1.82) is 0 Å². The number of hydrogen-bond acceptors (Lipinski definition) is 2. The van der Waals surface area contributed by atoms with Gasteiger partial charge in [0, 0.05) is 6.54 Å². The maximum absolute atomic E-state index is 12.3. The lowest BCUT2D eigenvalue weighted by molar-refractivity contribution is -0.175. The number of amides is 1. The predicted molar refractivity (Wildman–Crippen MR) is 60.2 cm³/mol. The molecule has 9 heteroatoms. The number of ether oxygens (including phenoxy) is 1. The molecule has 0 unspecified atom stereocenters. The number of nitrogens with one attached hydrogen (secondary N) is 1. The van der Waals surface area contributed by atoms with Gasteiger partial charge < -0.3 is 10.1 Å². The van der Waals surface area contributed by atoms with E-state index in [9.17, 15) is 31.1 Å². The van der Waals surface area contributed by atoms with E-state index in [0.29, 0.717) is 5.56 Å². The lowest BCUT2D eigenvalue weighted by Crippen LogP contribution is -2.29. The zero-order valence-corrected chi connectivity index (χ0v) is 10.5. The number of halogens is 6. The average molecular weight is 315 g/mol. The van der Waals surface area contributed by atoms with Crippen molar-refractivity contribution in [2.24, 2.45) is 0 Å². The number of rotatable bonds is 5. The fourth-order valence-electron chi connectivity index (χ4n) is 1.32. The first-order chi connectivity index (χ1) is 9.58. The van der Waals surface area contributed by atoms with Crippen molar-refractivity contribution >= 4 is 5.91 Å². The number of hydrogen-bond donors (Lipinski definition) is 1. The Balaban J connectivity index is 2.36. The van der Waals surface area contributed by atoms with Gasteiger partial charge in [-0.1, -0.05) is 12.1 Å². The van der Waals surface area contributed by atoms with Gasteiger partial charge in [0.05, 0.1) is 5.56 Å². The SMILES string of the molecule is O=C(COCC(F)(F)F)NCc1ccc(C(F)(F)F)cc1. The van der Waals surface area contributed by atoms with Crippen LogP contribution in [0.25, 0.3) is 0 Å². The second-order valence-corrected chi connectivity index (χ2v) is 4.08. The zero-order valence-electron chi connectivity index (χ0n) is 10.5. The van der Waals surface area contributed by atoms with Gasteiger partial charge in [0.1, 0.15) is 13.2 Å². The van der Waals surface area contributed by atoms with E-state index in [0.717, 1.165) is 12.1 Å². The topological polar surface area (TPSA) is 38.3 Å². The molecule has 0 aliphatic carbocycles. The molecule has 0 aliphatic rings. The highest BCUT2D eigenvalue weighted by molar-refractivity contribution is 5.77. The molecule has 1 amide bonds. The van der Waals surface area contributed by atoms with Crippen molar-refractivity contribution in [1.82, 2.24) is 5.32 Å². The first kappa shape index (κ1) is 17.3. The Morgan fingerprint density at radius 3 is 2.10 bits per heavy atom. The summed E-state index contributed by atoms with van der Waals surface area (Å²) in [6.07, 6.45) is -8.97. The largest absolute Gasteiger partial charge is 0.416 e. The number of carbonyl (C=O) groups excluding carboxylic acids is 1. The third kappa shape index (κ3) is 6.98. The van der Waals surface area contributed by atoms with E-state index < -0.39 is 37.0 Å². The van der Waals surface area contributed by atoms with Crippen LogP contribution in [0, 0.1) is 0 Å². The van der Waals surface area contributed by atoms with Crippen molar-refractivity contribution in [3.05, 3.63) is 35.4 Å². The van der Waals surface area contributed by atoms with Crippen molar-refractivity contribution in [3.63, 3.8) is 0 Å². The molecular formula is C12H11F6NO2. The summed E-state index contributed by atoms with van der Waals surface area (Å²) < 4.78 is 76.2. The fourth-order valence-corrected chi connectivity index (χ4v) is 1.32. The van der Waals surface area contributed by atoms with E-state index in [4.69, 9.17) is 0 Å². The molecule has 0 atom stereocenters. The smallest absolute Gasteiger partial charge is 0.362 e. The Labute approximate surface area is 115 Å². The summed E-state index contributed by atoms with van der Waals surface area (Å²) in [6.45, 7) is -2.42. The summed E-state index contributed by atoms with van der Waals surface area (Å²) in [5.74, 6) is -0.792. The summed E-state index contributed by atoms with van der Waals surface area (Å²) in [6, 6.07) is 4.03. The highest BCUT2D eigenvalue weighted by Crippen LogP contribution is 2.29. The van der Waals surface area contributed by atoms with E-state index in [1.54, 1.807) is 0 Å². The van der Waals surface area contributed by atoms with E-state index in [2.05, 4.69) is 10.1 Å². The Morgan fingerprint density at radius 2 is 1.62 bits per heavy atom. The van der Waals surface area contributed by atoms with E-state index in [1.165, 1.54) is 12.1 Å². The maximum Gasteiger partial charge on any atom is 0.416 e. The highest BCUT2D eigenvalue weighted by atomic mass is 19.4. The zero-order chi connectivity index (χ0) is 16.1. The van der Waals surface area contributed by atoms with Gasteiger partial charge in [-0.3, -0.25) is 4.79 Å². The van der Waals surface area contributed by atoms with Crippen LogP contribution in [0.2, 0.25) is 0 Å². The molecule has 0 spiro atoms. The molecule has 0 fully saturated rings. The number of benzene rings is 1. The minimum atomic E-state index is -4.52. The molecule has 118 valence electrons. The molecule has 1 N–H and O–H groups in total. The minimum Gasteiger partial charge on any atom is -0.362 e. The van der Waals surface area contributed by atoms with Crippen LogP contribution in [0.4, 0.5) is 26.3 Å². The van der Waals surface area contributed by atoms with E-state index >= 15 is 0 Å². The van der Waals surface area contributed by atoms with Gasteiger partial charge in [0.2, 0.25) is 5.91 Å². The second-order valence-electron chi connectivity index (χ2n) is 4.08. The van der Waals surface area contributed by atoms with Gasteiger partial charge >= 0.3 is 12.4 Å². The summed E-state index contributed by atoms with van der Waals surface area (Å²) >= 11 is 0. The maximum atomic E-state index is 12.3. The third-order valence-electron chi connectivity index (χ3n) is 2.27. The van der Waals surface area contributed by atoms with Gasteiger partial charge in [-0.25, -0.2) is 0 Å². The molecule has 0 bridgehead atoms. The minimum absolute atomic E-state index is 0.105. The lowest BCUT2D eigenvalue weighted by Gasteiger charge is -2.09. The Hall–Kier alpha value is -1.77. The summed E-state index contributed by atoms with van der Waals surface area (Å²) in [5.41, 5.74) is -0.446. The average Bonchev–Trinajstić information content (AvgIpc) is 2.34. The van der Waals surface area contributed by atoms with Crippen molar-refractivity contribution < 1.29 is 35.9 Å². The molecular weight excluding hydrogens is 304 g/mol. The van der Waals surface area contributed by atoms with Gasteiger partial charge in [-0.15, -0.1) is 0 Å². The van der Waals surface area contributed by atoms with Crippen molar-refractivity contribution in [2.75, 3.05) is 13.2 Å². The predicted octanol–water partition coefficient (Wildman–Crippen LogP) is 2.90. The molecule has 21 heavy (non-hydrogen) atoms. The van der Waals surface area contributed by atoms with Crippen LogP contribution in [-0.2, 0) is 22.3 Å². The highest BCUT2D eigenvalue weighted by Gasteiger charge is 2.30. The molecule has 1 rings (SSSR count). The van der Waals surface area contributed by atoms with Crippen molar-refractivity contribution in [2.45, 2.75) is 18.9 Å². The van der Waals surface area contributed by atoms with E-state index in [-0.39, 0.29) is 6.54 Å². The van der Waals surface area contributed by atoms with Crippen LogP contribution in [0.1, 0.15) is 11.1 Å². The van der Waals surface area contributed by atoms with E-state index in [1.807, 2.05) is 0 Å². The normalized spacial score (nSPS) is 12.3. The molecule has 0 aliphatic heterocycles. The molecule has 0 aromatic heterocycles. The summed E-state index contributed by atoms with van der Waals surface area (Å²) in [4.78, 5) is 11.1. The first-order valence-electron chi connectivity index (χ1n) is 5.65. The molecule has 0 saturated carbocycles. The van der Waals surface area contributed by atoms with Crippen LogP contribution in [-0.4, -0.2) is 25.3 Å². The molecule has 3 nitrogen and oxygen atoms in total. The van der Waals surface area contributed by atoms with Gasteiger partial charge in [-0.2, -0.15) is 26.3 Å². The molecule has 0 radical (unpaired) electrons. The van der Waals surface area contributed by atoms with Crippen molar-refractivity contribution in [3.8, 4) is 0 Å². The lowest BCUT2D eigenvalue weighted by atomic mass is 10.1. The van der Waals surface area contributed by atoms with Crippen LogP contribution in [0.15, 0.2) is 24.3 Å². The monoisotopic (exact) mass is 315 g/mol. The number of alkyl halides is 6. The number of carbonyl (C=O) groups is 1.